The van der Waals surface area contributed by atoms with Crippen molar-refractivity contribution in [1.82, 2.24) is 0 Å². The molecule has 0 fully saturated rings. The summed E-state index contributed by atoms with van der Waals surface area (Å²) < 4.78 is 5.46. The molecule has 2 heterocycles. The lowest BCUT2D eigenvalue weighted by molar-refractivity contribution is 0.559. The largest absolute Gasteiger partial charge is 0.457 e. The van der Waals surface area contributed by atoms with Gasteiger partial charge in [-0.25, -0.2) is 0 Å². The van der Waals surface area contributed by atoms with Crippen molar-refractivity contribution in [2.45, 2.75) is 26.7 Å². The van der Waals surface area contributed by atoms with Gasteiger partial charge in [0.05, 0.1) is 0 Å². The lowest BCUT2D eigenvalue weighted by atomic mass is 9.99. The molecule has 1 unspecified atom stereocenters. The van der Waals surface area contributed by atoms with Gasteiger partial charge >= 0.3 is 0 Å². The van der Waals surface area contributed by atoms with E-state index in [1.807, 2.05) is 6.07 Å². The van der Waals surface area contributed by atoms with Gasteiger partial charge in [-0.05, 0) is 36.1 Å². The highest BCUT2D eigenvalue weighted by Gasteiger charge is 2.09. The monoisotopic (exact) mass is 162 g/mol. The molecule has 0 aliphatic rings. The Balaban J connectivity index is 2.18. The van der Waals surface area contributed by atoms with E-state index in [0.717, 1.165) is 23.5 Å². The Morgan fingerprint density at radius 1 is 1.42 bits per heavy atom. The van der Waals surface area contributed by atoms with Crippen molar-refractivity contribution in [1.29, 1.82) is 0 Å². The summed E-state index contributed by atoms with van der Waals surface area (Å²) in [5.74, 6) is 0.765. The van der Waals surface area contributed by atoms with Gasteiger partial charge in [0.1, 0.15) is 11.2 Å². The van der Waals surface area contributed by atoms with Gasteiger partial charge in [-0.15, -0.1) is 0 Å². The molecule has 0 N–H and O–H groups in total. The van der Waals surface area contributed by atoms with Crippen LogP contribution in [0.4, 0.5) is 0 Å². The minimum Gasteiger partial charge on any atom is -0.457 e. The number of hydrogen-bond acceptors (Lipinski definition) is 1. The van der Waals surface area contributed by atoms with Crippen molar-refractivity contribution < 1.29 is 4.42 Å². The van der Waals surface area contributed by atoms with Crippen LogP contribution < -0.4 is 0 Å². The fourth-order valence-electron chi connectivity index (χ4n) is 1.53. The molecule has 2 rings (SSSR count). The topological polar surface area (TPSA) is 13.1 Å². The van der Waals surface area contributed by atoms with E-state index in [4.69, 9.17) is 4.42 Å². The van der Waals surface area contributed by atoms with E-state index in [9.17, 15) is 0 Å². The number of benzene rings is 1. The average Bonchev–Trinajstić information content (AvgIpc) is 2.64. The van der Waals surface area contributed by atoms with Crippen molar-refractivity contribution in [3.63, 3.8) is 0 Å². The Morgan fingerprint density at radius 3 is 2.75 bits per heavy atom. The first-order chi connectivity index (χ1) is 5.79. The van der Waals surface area contributed by atoms with Crippen molar-refractivity contribution in [2.75, 3.05) is 0 Å². The maximum absolute atomic E-state index is 5.46. The zero-order chi connectivity index (χ0) is 8.55. The molecule has 0 aliphatic heterocycles. The summed E-state index contributed by atoms with van der Waals surface area (Å²) in [5.41, 5.74) is 3.47. The molecule has 0 saturated carbocycles. The molecular weight excluding hydrogens is 148 g/mol. The zero-order valence-corrected chi connectivity index (χ0v) is 7.63. The standard InChI is InChI=1S/C11H14O/c1-3-8(2)6-9-7-10-4-5-11(9)12-10/h4-5,7-8H,3,6H2,1-2H3. The quantitative estimate of drug-likeness (QED) is 0.673. The van der Waals surface area contributed by atoms with Crippen LogP contribution in [-0.2, 0) is 6.42 Å². The molecule has 1 nitrogen and oxygen atoms in total. The summed E-state index contributed by atoms with van der Waals surface area (Å²) in [4.78, 5) is 0. The van der Waals surface area contributed by atoms with Gasteiger partial charge in [-0.1, -0.05) is 20.3 Å². The third-order valence-corrected chi connectivity index (χ3v) is 2.53. The maximum atomic E-state index is 5.46. The summed E-state index contributed by atoms with van der Waals surface area (Å²) in [7, 11) is 0. The summed E-state index contributed by atoms with van der Waals surface area (Å²) in [6.45, 7) is 4.51. The van der Waals surface area contributed by atoms with Crippen LogP contribution in [0.25, 0.3) is 11.2 Å². The van der Waals surface area contributed by atoms with Gasteiger partial charge in [0, 0.05) is 0 Å². The van der Waals surface area contributed by atoms with Gasteiger partial charge < -0.3 is 4.42 Å². The van der Waals surface area contributed by atoms with Crippen LogP contribution in [0.15, 0.2) is 22.6 Å². The second kappa shape index (κ2) is 2.81. The number of rotatable bonds is 3. The highest BCUT2D eigenvalue weighted by atomic mass is 16.3. The Bertz CT molecular complexity index is 347. The fourth-order valence-corrected chi connectivity index (χ4v) is 1.53. The van der Waals surface area contributed by atoms with Gasteiger partial charge in [0.25, 0.3) is 0 Å². The maximum Gasteiger partial charge on any atom is 0.130 e. The molecule has 0 spiro atoms. The SMILES string of the molecule is CCC(C)Cc1cc2ccc1o2. The summed E-state index contributed by atoms with van der Waals surface area (Å²) >= 11 is 0. The summed E-state index contributed by atoms with van der Waals surface area (Å²) in [6, 6.07) is 6.24. The van der Waals surface area contributed by atoms with E-state index in [2.05, 4.69) is 26.0 Å². The van der Waals surface area contributed by atoms with E-state index in [0.29, 0.717) is 0 Å². The van der Waals surface area contributed by atoms with Crippen molar-refractivity contribution in [3.8, 4) is 0 Å². The van der Waals surface area contributed by atoms with Gasteiger partial charge in [-0.2, -0.15) is 0 Å². The third-order valence-electron chi connectivity index (χ3n) is 2.53. The highest BCUT2D eigenvalue weighted by molar-refractivity contribution is 5.65. The van der Waals surface area contributed by atoms with E-state index >= 15 is 0 Å². The van der Waals surface area contributed by atoms with Crippen LogP contribution in [0.5, 0.6) is 0 Å². The van der Waals surface area contributed by atoms with Crippen LogP contribution >= 0.6 is 0 Å². The first kappa shape index (κ1) is 7.66. The van der Waals surface area contributed by atoms with Gasteiger partial charge in [-0.3, -0.25) is 0 Å². The summed E-state index contributed by atoms with van der Waals surface area (Å²) in [5, 5.41) is 0. The predicted octanol–water partition coefficient (Wildman–Crippen LogP) is 3.46. The average molecular weight is 162 g/mol. The van der Waals surface area contributed by atoms with Crippen molar-refractivity contribution in [2.24, 2.45) is 5.92 Å². The molecule has 0 aliphatic carbocycles. The number of hydrogen-bond donors (Lipinski definition) is 0. The zero-order valence-electron chi connectivity index (χ0n) is 7.63. The number of fused-ring (bicyclic) bond motifs is 2. The van der Waals surface area contributed by atoms with Crippen LogP contribution in [0.3, 0.4) is 0 Å². The van der Waals surface area contributed by atoms with Crippen molar-refractivity contribution >= 4 is 11.2 Å². The first-order valence-corrected chi connectivity index (χ1v) is 4.60. The molecule has 1 atom stereocenters. The minimum absolute atomic E-state index is 0.765. The summed E-state index contributed by atoms with van der Waals surface area (Å²) in [6.07, 6.45) is 2.39. The van der Waals surface area contributed by atoms with Crippen LogP contribution in [0, 0.1) is 5.92 Å². The van der Waals surface area contributed by atoms with Crippen LogP contribution in [0.1, 0.15) is 25.8 Å². The lowest BCUT2D eigenvalue weighted by Crippen LogP contribution is -1.96. The fraction of sp³-hybridized carbons (Fsp3) is 0.455. The Hall–Kier alpha value is -0.980. The molecule has 64 valence electrons. The molecule has 0 radical (unpaired) electrons. The van der Waals surface area contributed by atoms with E-state index in [-0.39, 0.29) is 0 Å². The minimum atomic E-state index is 0.765. The molecule has 12 heavy (non-hydrogen) atoms. The van der Waals surface area contributed by atoms with Crippen molar-refractivity contribution in [3.05, 3.63) is 23.8 Å². The molecule has 2 aromatic heterocycles. The second-order valence-electron chi connectivity index (χ2n) is 3.59. The molecule has 0 saturated heterocycles. The molecule has 2 bridgehead atoms. The Labute approximate surface area is 72.7 Å². The van der Waals surface area contributed by atoms with E-state index < -0.39 is 0 Å². The molecular formula is C11H14O. The third kappa shape index (κ3) is 1.20. The lowest BCUT2D eigenvalue weighted by Gasteiger charge is -2.05. The van der Waals surface area contributed by atoms with E-state index in [1.165, 1.54) is 12.0 Å². The van der Waals surface area contributed by atoms with Gasteiger partial charge in [0.15, 0.2) is 0 Å². The highest BCUT2D eigenvalue weighted by Crippen LogP contribution is 2.24. The molecule has 0 amide bonds. The molecule has 1 heteroatoms. The van der Waals surface area contributed by atoms with Crippen LogP contribution in [-0.4, -0.2) is 0 Å². The number of furan rings is 2. The van der Waals surface area contributed by atoms with Crippen LogP contribution in [0.2, 0.25) is 0 Å². The Morgan fingerprint density at radius 2 is 2.25 bits per heavy atom. The Kier molecular flexibility index (Phi) is 1.80. The molecule has 0 aromatic carbocycles. The van der Waals surface area contributed by atoms with E-state index in [1.54, 1.807) is 0 Å². The second-order valence-corrected chi connectivity index (χ2v) is 3.59. The normalized spacial score (nSPS) is 14.2. The predicted molar refractivity (Wildman–Crippen MR) is 50.6 cm³/mol. The smallest absolute Gasteiger partial charge is 0.130 e. The molecule has 2 aromatic rings. The van der Waals surface area contributed by atoms with Gasteiger partial charge in [0.2, 0.25) is 0 Å². The first-order valence-electron chi connectivity index (χ1n) is 4.60.